The minimum absolute atomic E-state index is 0.197. The van der Waals surface area contributed by atoms with E-state index in [9.17, 15) is 43.9 Å². The summed E-state index contributed by atoms with van der Waals surface area (Å²) < 4.78 is 131. The van der Waals surface area contributed by atoms with Crippen LogP contribution >= 0.6 is 0 Å². The fraction of sp³-hybridized carbons (Fsp3) is 0.778. The van der Waals surface area contributed by atoms with Crippen molar-refractivity contribution in [2.45, 2.75) is 37.0 Å². The molecule has 0 saturated heterocycles. The summed E-state index contributed by atoms with van der Waals surface area (Å²) >= 11 is 0. The Morgan fingerprint density at radius 2 is 1.52 bits per heavy atom. The van der Waals surface area contributed by atoms with Gasteiger partial charge in [0.05, 0.1) is 6.34 Å². The van der Waals surface area contributed by atoms with E-state index in [0.29, 0.717) is 0 Å². The number of ether oxygens (including phenoxy) is 1. The molecule has 0 aromatic heterocycles. The van der Waals surface area contributed by atoms with Crippen molar-refractivity contribution in [3.8, 4) is 0 Å². The lowest BCUT2D eigenvalue weighted by atomic mass is 10.1. The highest BCUT2D eigenvalue weighted by molar-refractivity contribution is 5.98. The standard InChI is InChI=1S/C9H7F10N3O/c1-2-23-9(6(12,13)8(17,18)19)21-3-20-4(22-9)5(10,11)7(14,15)16/h3H,2H2,1H3,(H,20,21,22). The number of amidine groups is 1. The van der Waals surface area contributed by atoms with Crippen LogP contribution in [0.5, 0.6) is 0 Å². The molecule has 0 fully saturated rings. The highest BCUT2D eigenvalue weighted by Gasteiger charge is 2.74. The van der Waals surface area contributed by atoms with Gasteiger partial charge in [0.2, 0.25) is 0 Å². The van der Waals surface area contributed by atoms with Crippen molar-refractivity contribution in [3.05, 3.63) is 0 Å². The molecule has 0 radical (unpaired) electrons. The first-order valence-corrected chi connectivity index (χ1v) is 5.56. The number of alkyl halides is 10. The van der Waals surface area contributed by atoms with Gasteiger partial charge < -0.3 is 10.1 Å². The van der Waals surface area contributed by atoms with Crippen LogP contribution < -0.4 is 5.32 Å². The average Bonchev–Trinajstić information content (AvgIpc) is 2.36. The van der Waals surface area contributed by atoms with Crippen molar-refractivity contribution < 1.29 is 48.6 Å². The molecule has 0 saturated carbocycles. The maximum atomic E-state index is 13.5. The van der Waals surface area contributed by atoms with E-state index in [1.165, 1.54) is 0 Å². The molecule has 0 bridgehead atoms. The zero-order valence-electron chi connectivity index (χ0n) is 10.9. The lowest BCUT2D eigenvalue weighted by Crippen LogP contribution is -2.61. The second-order valence-corrected chi connectivity index (χ2v) is 4.05. The third-order valence-electron chi connectivity index (χ3n) is 2.47. The average molecular weight is 363 g/mol. The lowest BCUT2D eigenvalue weighted by molar-refractivity contribution is -0.346. The van der Waals surface area contributed by atoms with E-state index in [0.717, 1.165) is 12.2 Å². The molecule has 1 atom stereocenters. The summed E-state index contributed by atoms with van der Waals surface area (Å²) in [4.78, 5) is 4.64. The van der Waals surface area contributed by atoms with Gasteiger partial charge in [-0.2, -0.15) is 43.9 Å². The second-order valence-electron chi connectivity index (χ2n) is 4.05. The fourth-order valence-electron chi connectivity index (χ4n) is 1.39. The largest absolute Gasteiger partial charge is 0.461 e. The Labute approximate surface area is 121 Å². The molecule has 0 spiro atoms. The first kappa shape index (κ1) is 19.4. The number of halogens is 10. The van der Waals surface area contributed by atoms with E-state index in [-0.39, 0.29) is 6.34 Å². The molecule has 4 nitrogen and oxygen atoms in total. The topological polar surface area (TPSA) is 46.0 Å². The Morgan fingerprint density at radius 3 is 1.91 bits per heavy atom. The van der Waals surface area contributed by atoms with E-state index in [1.54, 1.807) is 0 Å². The molecule has 14 heteroatoms. The van der Waals surface area contributed by atoms with Gasteiger partial charge in [-0.15, -0.1) is 0 Å². The molecule has 0 amide bonds. The molecule has 1 rings (SSSR count). The zero-order chi connectivity index (χ0) is 18.3. The van der Waals surface area contributed by atoms with E-state index in [2.05, 4.69) is 14.7 Å². The van der Waals surface area contributed by atoms with E-state index in [1.807, 2.05) is 0 Å². The van der Waals surface area contributed by atoms with Crippen LogP contribution in [0, 0.1) is 0 Å². The molecule has 1 aliphatic rings. The summed E-state index contributed by atoms with van der Waals surface area (Å²) in [6.07, 6.45) is -12.9. The molecule has 0 aromatic rings. The highest BCUT2D eigenvalue weighted by Crippen LogP contribution is 2.48. The molecule has 0 aromatic carbocycles. The fourth-order valence-corrected chi connectivity index (χ4v) is 1.39. The number of hydrogen-bond donors (Lipinski definition) is 1. The molecular weight excluding hydrogens is 356 g/mol. The van der Waals surface area contributed by atoms with Gasteiger partial charge in [-0.1, -0.05) is 0 Å². The predicted molar refractivity (Wildman–Crippen MR) is 55.4 cm³/mol. The van der Waals surface area contributed by atoms with Crippen molar-refractivity contribution in [1.82, 2.24) is 5.32 Å². The number of nitrogens with one attached hydrogen (secondary N) is 1. The molecular formula is C9H7F10N3O. The van der Waals surface area contributed by atoms with Gasteiger partial charge in [-0.05, 0) is 6.92 Å². The number of hydrogen-bond acceptors (Lipinski definition) is 4. The van der Waals surface area contributed by atoms with Gasteiger partial charge >= 0.3 is 30.0 Å². The SMILES string of the molecule is CCOC1(C(F)(F)C(F)(F)F)N=CNC(C(F)(F)C(F)(F)F)=N1. The molecule has 134 valence electrons. The van der Waals surface area contributed by atoms with Gasteiger partial charge in [0.1, 0.15) is 0 Å². The van der Waals surface area contributed by atoms with Crippen LogP contribution in [0.15, 0.2) is 9.98 Å². The number of rotatable bonds is 4. The van der Waals surface area contributed by atoms with Crippen LogP contribution in [-0.4, -0.2) is 48.8 Å². The molecule has 1 aliphatic heterocycles. The maximum absolute atomic E-state index is 13.5. The minimum atomic E-state index is -6.38. The summed E-state index contributed by atoms with van der Waals surface area (Å²) in [6, 6.07) is 0. The Bertz CT molecular complexity index is 509. The van der Waals surface area contributed by atoms with Crippen molar-refractivity contribution >= 4 is 12.2 Å². The van der Waals surface area contributed by atoms with Crippen LogP contribution in [0.4, 0.5) is 43.9 Å². The summed E-state index contributed by atoms with van der Waals surface area (Å²) in [5.41, 5.74) is 0. The van der Waals surface area contributed by atoms with Gasteiger partial charge in [0, 0.05) is 6.61 Å². The van der Waals surface area contributed by atoms with E-state index in [4.69, 9.17) is 0 Å². The number of nitrogens with zero attached hydrogens (tertiary/aromatic N) is 2. The first-order valence-electron chi connectivity index (χ1n) is 5.56. The molecule has 0 aliphatic carbocycles. The Balaban J connectivity index is 3.50. The van der Waals surface area contributed by atoms with Crippen molar-refractivity contribution in [3.63, 3.8) is 0 Å². The zero-order valence-corrected chi connectivity index (χ0v) is 10.9. The van der Waals surface area contributed by atoms with Gasteiger partial charge in [-0.25, -0.2) is 9.98 Å². The third-order valence-corrected chi connectivity index (χ3v) is 2.47. The molecule has 1 unspecified atom stereocenters. The minimum Gasteiger partial charge on any atom is -0.331 e. The number of aliphatic imine (C=N–C) groups is 2. The smallest absolute Gasteiger partial charge is 0.331 e. The summed E-state index contributed by atoms with van der Waals surface area (Å²) in [5, 5.41) is 1.11. The maximum Gasteiger partial charge on any atom is 0.461 e. The van der Waals surface area contributed by atoms with Gasteiger partial charge in [-0.3, -0.25) is 0 Å². The van der Waals surface area contributed by atoms with Crippen LogP contribution in [0.1, 0.15) is 6.92 Å². The third kappa shape index (κ3) is 3.07. The van der Waals surface area contributed by atoms with Crippen LogP contribution in [-0.2, 0) is 4.74 Å². The Morgan fingerprint density at radius 1 is 1.00 bits per heavy atom. The van der Waals surface area contributed by atoms with E-state index >= 15 is 0 Å². The van der Waals surface area contributed by atoms with Crippen molar-refractivity contribution in [1.29, 1.82) is 0 Å². The van der Waals surface area contributed by atoms with Crippen LogP contribution in [0.2, 0.25) is 0 Å². The van der Waals surface area contributed by atoms with E-state index < -0.39 is 42.5 Å². The summed E-state index contributed by atoms with van der Waals surface area (Å²) in [6.45, 7) is -0.0414. The van der Waals surface area contributed by atoms with Crippen LogP contribution in [0.25, 0.3) is 0 Å². The Kier molecular flexibility index (Phi) is 4.64. The van der Waals surface area contributed by atoms with Gasteiger partial charge in [0.15, 0.2) is 5.84 Å². The quantitative estimate of drug-likeness (QED) is 0.781. The van der Waals surface area contributed by atoms with Crippen molar-refractivity contribution in [2.75, 3.05) is 6.61 Å². The lowest BCUT2D eigenvalue weighted by Gasteiger charge is -2.37. The molecule has 23 heavy (non-hydrogen) atoms. The second kappa shape index (κ2) is 5.49. The summed E-state index contributed by atoms with van der Waals surface area (Å²) in [7, 11) is 0. The summed E-state index contributed by atoms with van der Waals surface area (Å²) in [5.74, 6) is -18.6. The normalized spacial score (nSPS) is 23.5. The van der Waals surface area contributed by atoms with Crippen molar-refractivity contribution in [2.24, 2.45) is 9.98 Å². The first-order chi connectivity index (χ1) is 10.1. The Hall–Kier alpha value is -1.60. The predicted octanol–water partition coefficient (Wildman–Crippen LogP) is 3.10. The highest BCUT2D eigenvalue weighted by atomic mass is 19.4. The monoisotopic (exact) mass is 363 g/mol. The molecule has 1 heterocycles. The molecule has 1 N–H and O–H groups in total. The van der Waals surface area contributed by atoms with Crippen LogP contribution in [0.3, 0.4) is 0 Å². The van der Waals surface area contributed by atoms with Gasteiger partial charge in [0.25, 0.3) is 0 Å².